The van der Waals surface area contributed by atoms with E-state index in [0.717, 1.165) is 17.9 Å². The Hall–Kier alpha value is -0.300. The van der Waals surface area contributed by atoms with Gasteiger partial charge >= 0.3 is 0 Å². The SMILES string of the molecule is CCCC1C(/C=C(\C)CC(C)C)CN1C(C)C. The van der Waals surface area contributed by atoms with Crippen molar-refractivity contribution in [2.75, 3.05) is 6.54 Å². The molecule has 1 nitrogen and oxygen atoms in total. The predicted octanol–water partition coefficient (Wildman–Crippen LogP) is 4.49. The molecule has 0 aromatic heterocycles. The Morgan fingerprint density at radius 1 is 1.29 bits per heavy atom. The van der Waals surface area contributed by atoms with E-state index >= 15 is 0 Å². The van der Waals surface area contributed by atoms with Gasteiger partial charge in [0, 0.05) is 24.5 Å². The van der Waals surface area contributed by atoms with Crippen LogP contribution in [0.15, 0.2) is 11.6 Å². The predicted molar refractivity (Wildman–Crippen MR) is 77.2 cm³/mol. The summed E-state index contributed by atoms with van der Waals surface area (Å²) >= 11 is 0. The Morgan fingerprint density at radius 2 is 1.94 bits per heavy atom. The largest absolute Gasteiger partial charge is 0.297 e. The molecular weight excluding hydrogens is 206 g/mol. The third kappa shape index (κ3) is 4.13. The molecule has 0 saturated carbocycles. The summed E-state index contributed by atoms with van der Waals surface area (Å²) in [5, 5.41) is 0. The summed E-state index contributed by atoms with van der Waals surface area (Å²) in [7, 11) is 0. The topological polar surface area (TPSA) is 3.24 Å². The minimum absolute atomic E-state index is 0.710. The van der Waals surface area contributed by atoms with Gasteiger partial charge in [0.05, 0.1) is 0 Å². The van der Waals surface area contributed by atoms with Gasteiger partial charge in [-0.2, -0.15) is 0 Å². The average molecular weight is 237 g/mol. The smallest absolute Gasteiger partial charge is 0.0173 e. The summed E-state index contributed by atoms with van der Waals surface area (Å²) in [6, 6.07) is 1.52. The van der Waals surface area contributed by atoms with Crippen LogP contribution in [0.4, 0.5) is 0 Å². The molecule has 0 N–H and O–H groups in total. The van der Waals surface area contributed by atoms with E-state index in [-0.39, 0.29) is 0 Å². The molecule has 1 aliphatic rings. The molecule has 0 spiro atoms. The second kappa shape index (κ2) is 6.58. The molecule has 1 fully saturated rings. The van der Waals surface area contributed by atoms with Crippen LogP contribution in [0, 0.1) is 11.8 Å². The monoisotopic (exact) mass is 237 g/mol. The molecule has 17 heavy (non-hydrogen) atoms. The second-order valence-corrected chi connectivity index (χ2v) is 6.42. The lowest BCUT2D eigenvalue weighted by Gasteiger charge is -2.50. The van der Waals surface area contributed by atoms with Gasteiger partial charge < -0.3 is 0 Å². The van der Waals surface area contributed by atoms with Gasteiger partial charge in [-0.1, -0.05) is 38.8 Å². The van der Waals surface area contributed by atoms with Crippen molar-refractivity contribution in [3.8, 4) is 0 Å². The first kappa shape index (κ1) is 14.8. The van der Waals surface area contributed by atoms with Gasteiger partial charge in [0.2, 0.25) is 0 Å². The standard InChI is InChI=1S/C16H31N/c1-7-8-16-15(11-17(16)13(4)5)10-14(6)9-12(2)3/h10,12-13,15-16H,7-9,11H2,1-6H3/b14-10+. The summed E-state index contributed by atoms with van der Waals surface area (Å²) in [6.45, 7) is 15.1. The molecule has 1 heterocycles. The van der Waals surface area contributed by atoms with Crippen molar-refractivity contribution < 1.29 is 0 Å². The minimum atomic E-state index is 0.710. The van der Waals surface area contributed by atoms with Crippen molar-refractivity contribution in [1.82, 2.24) is 4.90 Å². The molecular formula is C16H31N. The zero-order valence-electron chi connectivity index (χ0n) is 12.7. The van der Waals surface area contributed by atoms with E-state index in [4.69, 9.17) is 0 Å². The van der Waals surface area contributed by atoms with Crippen LogP contribution in [0.1, 0.15) is 60.8 Å². The Kier molecular flexibility index (Phi) is 5.72. The highest BCUT2D eigenvalue weighted by molar-refractivity contribution is 5.10. The van der Waals surface area contributed by atoms with Crippen LogP contribution >= 0.6 is 0 Å². The van der Waals surface area contributed by atoms with E-state index in [2.05, 4.69) is 52.5 Å². The molecule has 0 amide bonds. The van der Waals surface area contributed by atoms with Crippen LogP contribution < -0.4 is 0 Å². The van der Waals surface area contributed by atoms with Crippen LogP contribution in [0.3, 0.4) is 0 Å². The maximum absolute atomic E-state index is 2.66. The lowest BCUT2D eigenvalue weighted by Crippen LogP contribution is -2.58. The maximum atomic E-state index is 2.66. The van der Waals surface area contributed by atoms with Crippen molar-refractivity contribution in [3.05, 3.63) is 11.6 Å². The Labute approximate surface area is 108 Å². The summed E-state index contributed by atoms with van der Waals surface area (Å²) in [6.07, 6.45) is 6.48. The fourth-order valence-corrected chi connectivity index (χ4v) is 3.12. The molecule has 1 saturated heterocycles. The van der Waals surface area contributed by atoms with Gasteiger partial charge in [-0.15, -0.1) is 0 Å². The number of allylic oxidation sites excluding steroid dienone is 1. The fourth-order valence-electron chi connectivity index (χ4n) is 3.12. The lowest BCUT2D eigenvalue weighted by molar-refractivity contribution is 0.00665. The zero-order chi connectivity index (χ0) is 13.0. The van der Waals surface area contributed by atoms with Gasteiger partial charge in [-0.05, 0) is 39.5 Å². The number of rotatable bonds is 6. The van der Waals surface area contributed by atoms with E-state index < -0.39 is 0 Å². The molecule has 1 rings (SSSR count). The van der Waals surface area contributed by atoms with E-state index in [1.807, 2.05) is 0 Å². The highest BCUT2D eigenvalue weighted by atomic mass is 15.2. The number of hydrogen-bond acceptors (Lipinski definition) is 1. The van der Waals surface area contributed by atoms with Crippen molar-refractivity contribution in [1.29, 1.82) is 0 Å². The van der Waals surface area contributed by atoms with Crippen molar-refractivity contribution in [2.24, 2.45) is 11.8 Å². The van der Waals surface area contributed by atoms with Crippen molar-refractivity contribution in [3.63, 3.8) is 0 Å². The average Bonchev–Trinajstić information content (AvgIpc) is 2.18. The highest BCUT2D eigenvalue weighted by Crippen LogP contribution is 2.32. The van der Waals surface area contributed by atoms with Gasteiger partial charge in [0.15, 0.2) is 0 Å². The second-order valence-electron chi connectivity index (χ2n) is 6.42. The molecule has 2 unspecified atom stereocenters. The van der Waals surface area contributed by atoms with Gasteiger partial charge in [-0.25, -0.2) is 0 Å². The van der Waals surface area contributed by atoms with E-state index in [0.29, 0.717) is 6.04 Å². The van der Waals surface area contributed by atoms with Crippen LogP contribution in [0.2, 0.25) is 0 Å². The quantitative estimate of drug-likeness (QED) is 0.615. The number of likely N-dealkylation sites (tertiary alicyclic amines) is 1. The molecule has 0 bridgehead atoms. The number of nitrogens with zero attached hydrogens (tertiary/aromatic N) is 1. The highest BCUT2D eigenvalue weighted by Gasteiger charge is 2.37. The zero-order valence-corrected chi connectivity index (χ0v) is 12.7. The van der Waals surface area contributed by atoms with Gasteiger partial charge in [0.1, 0.15) is 0 Å². The van der Waals surface area contributed by atoms with Crippen LogP contribution in [0.25, 0.3) is 0 Å². The third-order valence-electron chi connectivity index (χ3n) is 3.82. The molecule has 0 aromatic carbocycles. The molecule has 0 aromatic rings. The summed E-state index contributed by atoms with van der Waals surface area (Å²) < 4.78 is 0. The third-order valence-corrected chi connectivity index (χ3v) is 3.82. The van der Waals surface area contributed by atoms with E-state index in [1.54, 1.807) is 5.57 Å². The molecule has 1 aliphatic heterocycles. The first-order valence-corrected chi connectivity index (χ1v) is 7.38. The minimum Gasteiger partial charge on any atom is -0.297 e. The lowest BCUT2D eigenvalue weighted by atomic mass is 9.82. The summed E-state index contributed by atoms with van der Waals surface area (Å²) in [5.41, 5.74) is 1.59. The molecule has 1 heteroatoms. The molecule has 0 aliphatic carbocycles. The first-order valence-electron chi connectivity index (χ1n) is 7.38. The summed E-state index contributed by atoms with van der Waals surface area (Å²) in [5.74, 6) is 1.60. The van der Waals surface area contributed by atoms with Gasteiger partial charge in [0.25, 0.3) is 0 Å². The Bertz CT molecular complexity index is 252. The molecule has 2 atom stereocenters. The van der Waals surface area contributed by atoms with Crippen LogP contribution in [-0.4, -0.2) is 23.5 Å². The Balaban J connectivity index is 2.55. The van der Waals surface area contributed by atoms with Crippen molar-refractivity contribution >= 4 is 0 Å². The fraction of sp³-hybridized carbons (Fsp3) is 0.875. The van der Waals surface area contributed by atoms with Crippen molar-refractivity contribution in [2.45, 2.75) is 72.9 Å². The van der Waals surface area contributed by atoms with Crippen LogP contribution in [-0.2, 0) is 0 Å². The normalized spacial score (nSPS) is 26.7. The van der Waals surface area contributed by atoms with Gasteiger partial charge in [-0.3, -0.25) is 4.90 Å². The number of hydrogen-bond donors (Lipinski definition) is 0. The van der Waals surface area contributed by atoms with Crippen LogP contribution in [0.5, 0.6) is 0 Å². The molecule has 0 radical (unpaired) electrons. The maximum Gasteiger partial charge on any atom is 0.0173 e. The van der Waals surface area contributed by atoms with E-state index in [1.165, 1.54) is 25.8 Å². The Morgan fingerprint density at radius 3 is 2.41 bits per heavy atom. The summed E-state index contributed by atoms with van der Waals surface area (Å²) in [4.78, 5) is 2.66. The first-order chi connectivity index (χ1) is 7.95. The van der Waals surface area contributed by atoms with E-state index in [9.17, 15) is 0 Å². The molecule has 100 valence electrons.